The third-order valence-corrected chi connectivity index (χ3v) is 2.06. The van der Waals surface area contributed by atoms with Crippen molar-refractivity contribution in [3.8, 4) is 0 Å². The van der Waals surface area contributed by atoms with Crippen molar-refractivity contribution in [1.82, 2.24) is 0 Å². The summed E-state index contributed by atoms with van der Waals surface area (Å²) in [6.07, 6.45) is 0. The zero-order chi connectivity index (χ0) is 9.99. The van der Waals surface area contributed by atoms with Gasteiger partial charge in [-0.15, -0.1) is 0 Å². The van der Waals surface area contributed by atoms with Gasteiger partial charge in [0, 0.05) is 0 Å². The Morgan fingerprint density at radius 1 is 0.857 bits per heavy atom. The summed E-state index contributed by atoms with van der Waals surface area (Å²) < 4.78 is 56.1. The fraction of sp³-hybridized carbons (Fsp3) is 0.667. The van der Waals surface area contributed by atoms with E-state index in [0.29, 0.717) is 0 Å². The van der Waals surface area contributed by atoms with Crippen LogP contribution >= 0.6 is 0 Å². The van der Waals surface area contributed by atoms with Gasteiger partial charge in [0.05, 0.1) is 0 Å². The minimum absolute atomic E-state index is 0. The van der Waals surface area contributed by atoms with Gasteiger partial charge in [0.25, 0.3) is 20.2 Å². The van der Waals surface area contributed by atoms with Crippen LogP contribution in [0, 0.1) is 0 Å². The van der Waals surface area contributed by atoms with E-state index in [-0.39, 0.29) is 103 Å². The van der Waals surface area contributed by atoms with Crippen molar-refractivity contribution in [1.29, 1.82) is 0 Å². The number of carbonyl (C=O) groups excluding carboxylic acids is 1. The van der Waals surface area contributed by atoms with Crippen molar-refractivity contribution < 1.29 is 30.7 Å². The van der Waals surface area contributed by atoms with Gasteiger partial charge in [0.15, 0.2) is 5.78 Å². The standard InChI is InChI=1S/C3H6O7S2.2K.2H/c4-3(1-11(5,6)7)2-12(8,9)10;;;;/h1-2H2,(H,5,6,7)(H,8,9,10);;;;. The molecule has 76 valence electrons. The molecule has 0 aliphatic rings. The second kappa shape index (κ2) is 8.80. The van der Waals surface area contributed by atoms with E-state index in [1.807, 2.05) is 0 Å². The number of hydrogen-bond acceptors (Lipinski definition) is 5. The van der Waals surface area contributed by atoms with E-state index in [0.717, 1.165) is 0 Å². The van der Waals surface area contributed by atoms with Crippen molar-refractivity contribution >= 4 is 129 Å². The topological polar surface area (TPSA) is 126 Å². The van der Waals surface area contributed by atoms with Gasteiger partial charge < -0.3 is 0 Å². The summed E-state index contributed by atoms with van der Waals surface area (Å²) in [7, 11) is -9.04. The molecular formula is C3H8K2O7S2. The van der Waals surface area contributed by atoms with Crippen molar-refractivity contribution in [2.24, 2.45) is 0 Å². The van der Waals surface area contributed by atoms with E-state index in [1.54, 1.807) is 0 Å². The monoisotopic (exact) mass is 298 g/mol. The second-order valence-corrected chi connectivity index (χ2v) is 4.90. The summed E-state index contributed by atoms with van der Waals surface area (Å²) in [5, 5.41) is 0. The van der Waals surface area contributed by atoms with Crippen LogP contribution in [0.15, 0.2) is 0 Å². The fourth-order valence-corrected chi connectivity index (χ4v) is 1.60. The van der Waals surface area contributed by atoms with Crippen LogP contribution < -0.4 is 0 Å². The molecule has 0 bridgehead atoms. The van der Waals surface area contributed by atoms with Gasteiger partial charge in [-0.05, 0) is 0 Å². The Bertz CT molecular complexity index is 332. The molecule has 2 N–H and O–H groups in total. The number of ketones is 1. The number of rotatable bonds is 4. The maximum atomic E-state index is 10.4. The zero-order valence-corrected chi connectivity index (χ0v) is 7.30. The number of carbonyl (C=O) groups is 1. The van der Waals surface area contributed by atoms with E-state index in [4.69, 9.17) is 9.11 Å². The molecule has 0 unspecified atom stereocenters. The first-order valence-corrected chi connectivity index (χ1v) is 5.74. The van der Waals surface area contributed by atoms with Gasteiger partial charge in [0.1, 0.15) is 11.5 Å². The Balaban J connectivity index is -0.000000605. The zero-order valence-electron chi connectivity index (χ0n) is 5.67. The molecular weight excluding hydrogens is 290 g/mol. The molecule has 0 aromatic rings. The SMILES string of the molecule is O=C(CS(=O)(=O)O)CS(=O)(=O)O.[KH].[KH]. The molecule has 0 aliphatic carbocycles. The Morgan fingerprint density at radius 2 is 1.07 bits per heavy atom. The molecule has 0 saturated heterocycles. The summed E-state index contributed by atoms with van der Waals surface area (Å²) >= 11 is 0. The molecule has 0 spiro atoms. The van der Waals surface area contributed by atoms with Crippen LogP contribution in [0.25, 0.3) is 0 Å². The molecule has 0 rings (SSSR count). The Hall–Kier alpha value is 2.76. The van der Waals surface area contributed by atoms with Crippen LogP contribution in [0.1, 0.15) is 0 Å². The van der Waals surface area contributed by atoms with E-state index >= 15 is 0 Å². The average molecular weight is 298 g/mol. The van der Waals surface area contributed by atoms with Crippen molar-refractivity contribution in [3.63, 3.8) is 0 Å². The van der Waals surface area contributed by atoms with Crippen LogP contribution in [0.5, 0.6) is 0 Å². The Labute approximate surface area is 167 Å². The average Bonchev–Trinajstić information content (AvgIpc) is 1.49. The predicted molar refractivity (Wildman–Crippen MR) is 52.1 cm³/mol. The molecule has 0 atom stereocenters. The van der Waals surface area contributed by atoms with Crippen LogP contribution in [0.2, 0.25) is 0 Å². The van der Waals surface area contributed by atoms with Gasteiger partial charge in [-0.3, -0.25) is 13.9 Å². The molecule has 0 aromatic carbocycles. The molecule has 0 radical (unpaired) electrons. The third kappa shape index (κ3) is 17.2. The van der Waals surface area contributed by atoms with Gasteiger partial charge in [-0.2, -0.15) is 16.8 Å². The van der Waals surface area contributed by atoms with Crippen molar-refractivity contribution in [2.75, 3.05) is 11.5 Å². The van der Waals surface area contributed by atoms with Crippen LogP contribution in [0.3, 0.4) is 0 Å². The summed E-state index contributed by atoms with van der Waals surface area (Å²) in [5.41, 5.74) is 0. The Kier molecular flexibility index (Phi) is 13.8. The first-order chi connectivity index (χ1) is 5.10. The first-order valence-electron chi connectivity index (χ1n) is 2.52. The normalized spacial score (nSPS) is 11.0. The maximum absolute atomic E-state index is 10.4. The molecule has 14 heavy (non-hydrogen) atoms. The van der Waals surface area contributed by atoms with E-state index in [9.17, 15) is 21.6 Å². The molecule has 0 saturated carbocycles. The molecule has 0 aromatic heterocycles. The quantitative estimate of drug-likeness (QED) is 0.419. The van der Waals surface area contributed by atoms with Gasteiger partial charge in [-0.1, -0.05) is 0 Å². The van der Waals surface area contributed by atoms with Gasteiger partial charge in [-0.25, -0.2) is 0 Å². The van der Waals surface area contributed by atoms with E-state index < -0.39 is 37.5 Å². The summed E-state index contributed by atoms with van der Waals surface area (Å²) in [6, 6.07) is 0. The van der Waals surface area contributed by atoms with Gasteiger partial charge >= 0.3 is 103 Å². The molecule has 11 heteroatoms. The molecule has 0 amide bonds. The number of hydrogen-bond donors (Lipinski definition) is 2. The summed E-state index contributed by atoms with van der Waals surface area (Å²) in [5.74, 6) is -3.92. The third-order valence-electron chi connectivity index (χ3n) is 0.687. The van der Waals surface area contributed by atoms with Crippen LogP contribution in [0.4, 0.5) is 0 Å². The second-order valence-electron chi connectivity index (χ2n) is 1.99. The minimum atomic E-state index is -4.52. The van der Waals surface area contributed by atoms with Crippen molar-refractivity contribution in [2.45, 2.75) is 0 Å². The summed E-state index contributed by atoms with van der Waals surface area (Å²) in [6.45, 7) is 0. The molecule has 7 nitrogen and oxygen atoms in total. The van der Waals surface area contributed by atoms with Crippen LogP contribution in [-0.2, 0) is 25.0 Å². The predicted octanol–water partition coefficient (Wildman–Crippen LogP) is -2.97. The molecule has 0 fully saturated rings. The fourth-order valence-electron chi connectivity index (χ4n) is 0.449. The summed E-state index contributed by atoms with van der Waals surface area (Å²) in [4.78, 5) is 10.4. The number of Topliss-reactive ketones (excluding diaryl/α,β-unsaturated/α-hetero) is 1. The van der Waals surface area contributed by atoms with Crippen molar-refractivity contribution in [3.05, 3.63) is 0 Å². The van der Waals surface area contributed by atoms with E-state index in [1.165, 1.54) is 0 Å². The van der Waals surface area contributed by atoms with Gasteiger partial charge in [0.2, 0.25) is 0 Å². The first kappa shape index (κ1) is 22.0. The molecule has 0 heterocycles. The van der Waals surface area contributed by atoms with Crippen LogP contribution in [-0.4, -0.2) is 146 Å². The molecule has 0 aliphatic heterocycles. The Morgan fingerprint density at radius 3 is 1.21 bits per heavy atom. The van der Waals surface area contributed by atoms with E-state index in [2.05, 4.69) is 0 Å².